The molecule has 0 aromatic carbocycles. The van der Waals surface area contributed by atoms with Crippen LogP contribution in [-0.2, 0) is 9.59 Å². The quantitative estimate of drug-likeness (QED) is 0.929. The van der Waals surface area contributed by atoms with Crippen molar-refractivity contribution >= 4 is 34.8 Å². The summed E-state index contributed by atoms with van der Waals surface area (Å²) in [7, 11) is 0. The third kappa shape index (κ3) is 2.83. The first-order valence-corrected chi connectivity index (χ1v) is 8.09. The van der Waals surface area contributed by atoms with E-state index in [2.05, 4.69) is 5.32 Å². The molecule has 1 aliphatic carbocycles. The molecule has 2 atom stereocenters. The summed E-state index contributed by atoms with van der Waals surface area (Å²) in [6.07, 6.45) is 2.52. The maximum Gasteiger partial charge on any atom is 0.225 e. The van der Waals surface area contributed by atoms with E-state index in [1.54, 1.807) is 0 Å². The van der Waals surface area contributed by atoms with E-state index < -0.39 is 0 Å². The topological polar surface area (TPSA) is 49.4 Å². The standard InChI is InChI=1S/C14H17ClN2O2S/c1-8(11-4-5-12(15)20-11)16-14(19)9-6-13(18)17(7-9)10-2-3-10/h4-5,8-10H,2-3,6-7H2,1H3,(H,16,19)/t8-,9+/m1/s1. The number of hydrogen-bond donors (Lipinski definition) is 1. The molecule has 20 heavy (non-hydrogen) atoms. The Hall–Kier alpha value is -1.07. The third-order valence-electron chi connectivity index (χ3n) is 3.90. The van der Waals surface area contributed by atoms with Crippen molar-refractivity contribution in [3.8, 4) is 0 Å². The van der Waals surface area contributed by atoms with Crippen LogP contribution in [-0.4, -0.2) is 29.3 Å². The van der Waals surface area contributed by atoms with Gasteiger partial charge in [0.25, 0.3) is 0 Å². The minimum absolute atomic E-state index is 0.0291. The summed E-state index contributed by atoms with van der Waals surface area (Å²) < 4.78 is 0.719. The summed E-state index contributed by atoms with van der Waals surface area (Å²) in [6.45, 7) is 2.52. The monoisotopic (exact) mass is 312 g/mol. The summed E-state index contributed by atoms with van der Waals surface area (Å²) in [4.78, 5) is 27.0. The molecule has 2 heterocycles. The van der Waals surface area contributed by atoms with Gasteiger partial charge in [0.2, 0.25) is 11.8 Å². The number of nitrogens with zero attached hydrogens (tertiary/aromatic N) is 1. The number of rotatable bonds is 4. The van der Waals surface area contributed by atoms with Gasteiger partial charge in [-0.25, -0.2) is 0 Å². The number of thiophene rings is 1. The van der Waals surface area contributed by atoms with Crippen LogP contribution in [0.1, 0.15) is 37.1 Å². The van der Waals surface area contributed by atoms with E-state index in [0.717, 1.165) is 22.1 Å². The van der Waals surface area contributed by atoms with Crippen LogP contribution >= 0.6 is 22.9 Å². The van der Waals surface area contributed by atoms with Crippen molar-refractivity contribution in [2.75, 3.05) is 6.54 Å². The van der Waals surface area contributed by atoms with Crippen LogP contribution in [0, 0.1) is 5.92 Å². The first kappa shape index (κ1) is 13.9. The Labute approximate surface area is 127 Å². The smallest absolute Gasteiger partial charge is 0.225 e. The van der Waals surface area contributed by atoms with E-state index in [9.17, 15) is 9.59 Å². The van der Waals surface area contributed by atoms with Crippen LogP contribution in [0.3, 0.4) is 0 Å². The van der Waals surface area contributed by atoms with Gasteiger partial charge >= 0.3 is 0 Å². The molecule has 108 valence electrons. The average molecular weight is 313 g/mol. The first-order valence-electron chi connectivity index (χ1n) is 6.89. The number of halogens is 1. The second kappa shape index (κ2) is 5.37. The number of likely N-dealkylation sites (tertiary alicyclic amines) is 1. The van der Waals surface area contributed by atoms with Crippen LogP contribution < -0.4 is 5.32 Å². The molecule has 0 bridgehead atoms. The molecule has 1 N–H and O–H groups in total. The molecule has 0 unspecified atom stereocenters. The first-order chi connectivity index (χ1) is 9.54. The van der Waals surface area contributed by atoms with Crippen LogP contribution in [0.15, 0.2) is 12.1 Å². The normalized spacial score (nSPS) is 24.0. The van der Waals surface area contributed by atoms with E-state index in [1.807, 2.05) is 24.0 Å². The van der Waals surface area contributed by atoms with Crippen molar-refractivity contribution in [1.29, 1.82) is 0 Å². The number of hydrogen-bond acceptors (Lipinski definition) is 3. The van der Waals surface area contributed by atoms with Gasteiger partial charge < -0.3 is 10.2 Å². The minimum Gasteiger partial charge on any atom is -0.348 e. The zero-order valence-corrected chi connectivity index (χ0v) is 12.8. The summed E-state index contributed by atoms with van der Waals surface area (Å²) in [5, 5.41) is 2.99. The maximum absolute atomic E-state index is 12.3. The number of amides is 2. The summed E-state index contributed by atoms with van der Waals surface area (Å²) in [5.74, 6) is -0.112. The minimum atomic E-state index is -0.207. The summed E-state index contributed by atoms with van der Waals surface area (Å²) in [5.41, 5.74) is 0. The van der Waals surface area contributed by atoms with Crippen LogP contribution in [0.25, 0.3) is 0 Å². The van der Waals surface area contributed by atoms with Gasteiger partial charge in [-0.1, -0.05) is 11.6 Å². The highest BCUT2D eigenvalue weighted by Crippen LogP contribution is 2.33. The molecule has 4 nitrogen and oxygen atoms in total. The molecule has 1 saturated carbocycles. The molecule has 6 heteroatoms. The van der Waals surface area contributed by atoms with Gasteiger partial charge in [-0.05, 0) is 31.9 Å². The Morgan fingerprint density at radius 2 is 2.25 bits per heavy atom. The molecule has 1 aromatic rings. The molecule has 1 aliphatic heterocycles. The zero-order valence-electron chi connectivity index (χ0n) is 11.3. The molecule has 2 amide bonds. The van der Waals surface area contributed by atoms with E-state index in [4.69, 9.17) is 11.6 Å². The van der Waals surface area contributed by atoms with E-state index in [0.29, 0.717) is 19.0 Å². The summed E-state index contributed by atoms with van der Waals surface area (Å²) in [6, 6.07) is 4.09. The van der Waals surface area contributed by atoms with E-state index >= 15 is 0 Å². The molecule has 1 aromatic heterocycles. The number of carbonyl (C=O) groups excluding carboxylic acids is 2. The number of carbonyl (C=O) groups is 2. The highest BCUT2D eigenvalue weighted by Gasteiger charge is 2.41. The predicted molar refractivity (Wildman–Crippen MR) is 78.7 cm³/mol. The fourth-order valence-corrected chi connectivity index (χ4v) is 3.67. The zero-order chi connectivity index (χ0) is 14.3. The van der Waals surface area contributed by atoms with Crippen LogP contribution in [0.4, 0.5) is 0 Å². The molecule has 0 spiro atoms. The Morgan fingerprint density at radius 3 is 2.85 bits per heavy atom. The van der Waals surface area contributed by atoms with Gasteiger partial charge in [-0.15, -0.1) is 11.3 Å². The predicted octanol–water partition coefficient (Wildman–Crippen LogP) is 2.59. The molecule has 2 fully saturated rings. The molecule has 3 rings (SSSR count). The van der Waals surface area contributed by atoms with Crippen molar-refractivity contribution in [3.05, 3.63) is 21.3 Å². The van der Waals surface area contributed by atoms with Crippen molar-refractivity contribution in [2.24, 2.45) is 5.92 Å². The Balaban J connectivity index is 1.58. The molecule has 0 radical (unpaired) electrons. The van der Waals surface area contributed by atoms with E-state index in [1.165, 1.54) is 11.3 Å². The lowest BCUT2D eigenvalue weighted by atomic mass is 10.1. The highest BCUT2D eigenvalue weighted by atomic mass is 35.5. The van der Waals surface area contributed by atoms with Gasteiger partial charge in [0.1, 0.15) is 0 Å². The Bertz CT molecular complexity index is 541. The lowest BCUT2D eigenvalue weighted by molar-refractivity contribution is -0.129. The van der Waals surface area contributed by atoms with Crippen LogP contribution in [0.2, 0.25) is 4.34 Å². The Morgan fingerprint density at radius 1 is 1.50 bits per heavy atom. The third-order valence-corrected chi connectivity index (χ3v) is 5.31. The van der Waals surface area contributed by atoms with Crippen LogP contribution in [0.5, 0.6) is 0 Å². The van der Waals surface area contributed by atoms with Crippen molar-refractivity contribution < 1.29 is 9.59 Å². The maximum atomic E-state index is 12.3. The second-order valence-corrected chi connectivity index (χ2v) is 7.30. The van der Waals surface area contributed by atoms with Crippen molar-refractivity contribution in [1.82, 2.24) is 10.2 Å². The lowest BCUT2D eigenvalue weighted by Crippen LogP contribution is -2.34. The summed E-state index contributed by atoms with van der Waals surface area (Å²) >= 11 is 7.37. The molecular formula is C14H17ClN2O2S. The number of nitrogens with one attached hydrogen (secondary N) is 1. The lowest BCUT2D eigenvalue weighted by Gasteiger charge is -2.17. The van der Waals surface area contributed by atoms with Gasteiger partial charge in [0, 0.05) is 23.9 Å². The van der Waals surface area contributed by atoms with Gasteiger partial charge in [-0.3, -0.25) is 9.59 Å². The van der Waals surface area contributed by atoms with Gasteiger partial charge in [-0.2, -0.15) is 0 Å². The highest BCUT2D eigenvalue weighted by molar-refractivity contribution is 7.16. The fourth-order valence-electron chi connectivity index (χ4n) is 2.61. The van der Waals surface area contributed by atoms with Gasteiger partial charge in [0.05, 0.1) is 16.3 Å². The second-order valence-electron chi connectivity index (χ2n) is 5.55. The fraction of sp³-hybridized carbons (Fsp3) is 0.571. The van der Waals surface area contributed by atoms with Crippen molar-refractivity contribution in [3.63, 3.8) is 0 Å². The molecule has 1 saturated heterocycles. The SMILES string of the molecule is C[C@@H](NC(=O)[C@H]1CC(=O)N(C2CC2)C1)c1ccc(Cl)s1. The van der Waals surface area contributed by atoms with Gasteiger partial charge in [0.15, 0.2) is 0 Å². The molecule has 2 aliphatic rings. The molecular weight excluding hydrogens is 296 g/mol. The largest absolute Gasteiger partial charge is 0.348 e. The average Bonchev–Trinajstić information content (AvgIpc) is 3.03. The Kier molecular flexibility index (Phi) is 3.73. The van der Waals surface area contributed by atoms with E-state index in [-0.39, 0.29) is 23.8 Å². The van der Waals surface area contributed by atoms with Crippen molar-refractivity contribution in [2.45, 2.75) is 38.3 Å².